The number of halogens is 3. The molecule has 0 aliphatic carbocycles. The highest BCUT2D eigenvalue weighted by molar-refractivity contribution is 8.18. The van der Waals surface area contributed by atoms with E-state index in [4.69, 9.17) is 44.3 Å². The van der Waals surface area contributed by atoms with Gasteiger partial charge in [0.1, 0.15) is 6.61 Å². The predicted molar refractivity (Wildman–Crippen MR) is 141 cm³/mol. The van der Waals surface area contributed by atoms with Gasteiger partial charge in [0.05, 0.1) is 23.1 Å². The van der Waals surface area contributed by atoms with Crippen LogP contribution in [0.1, 0.15) is 23.6 Å². The molecule has 180 valence electrons. The smallest absolute Gasteiger partial charge is 0.293 e. The highest BCUT2D eigenvalue weighted by Crippen LogP contribution is 2.40. The molecule has 35 heavy (non-hydrogen) atoms. The lowest BCUT2D eigenvalue weighted by atomic mass is 10.1. The summed E-state index contributed by atoms with van der Waals surface area (Å²) in [7, 11) is 0. The summed E-state index contributed by atoms with van der Waals surface area (Å²) in [6.07, 6.45) is 1.61. The van der Waals surface area contributed by atoms with Gasteiger partial charge in [0.15, 0.2) is 11.5 Å². The molecule has 0 N–H and O–H groups in total. The maximum atomic E-state index is 13.0. The number of imide groups is 1. The fourth-order valence-electron chi connectivity index (χ4n) is 3.41. The van der Waals surface area contributed by atoms with E-state index in [-0.39, 0.29) is 16.7 Å². The second-order valence-electron chi connectivity index (χ2n) is 7.54. The Hall–Kier alpha value is -2.64. The average molecular weight is 549 g/mol. The molecule has 5 nitrogen and oxygen atoms in total. The maximum absolute atomic E-state index is 13.0. The van der Waals surface area contributed by atoms with Crippen molar-refractivity contribution in [3.05, 3.63) is 97.3 Å². The molecule has 1 aliphatic rings. The van der Waals surface area contributed by atoms with Crippen LogP contribution in [0.4, 0.5) is 4.79 Å². The zero-order valence-electron chi connectivity index (χ0n) is 18.6. The van der Waals surface area contributed by atoms with Gasteiger partial charge >= 0.3 is 0 Å². The molecule has 0 spiro atoms. The van der Waals surface area contributed by atoms with Crippen molar-refractivity contribution < 1.29 is 19.1 Å². The lowest BCUT2D eigenvalue weighted by molar-refractivity contribution is -0.123. The first-order valence-corrected chi connectivity index (χ1v) is 12.6. The van der Waals surface area contributed by atoms with Crippen LogP contribution in [0.25, 0.3) is 6.08 Å². The lowest BCUT2D eigenvalue weighted by Gasteiger charge is -2.15. The van der Waals surface area contributed by atoms with E-state index in [1.165, 1.54) is 0 Å². The van der Waals surface area contributed by atoms with Gasteiger partial charge in [0, 0.05) is 10.0 Å². The molecule has 0 radical (unpaired) electrons. The molecule has 9 heteroatoms. The van der Waals surface area contributed by atoms with Crippen LogP contribution < -0.4 is 9.47 Å². The standard InChI is InChI=1S/C26H20Cl3NO4S/c1-2-33-22-11-17(10-21(29)24(22)34-15-16-6-4-3-5-7-16)12-23-25(31)30(26(32)35-23)14-18-8-9-19(27)13-20(18)28/h3-13H,2,14-15H2,1H3/b23-12-. The van der Waals surface area contributed by atoms with Crippen molar-refractivity contribution in [1.82, 2.24) is 4.90 Å². The quantitative estimate of drug-likeness (QED) is 0.268. The van der Waals surface area contributed by atoms with Gasteiger partial charge in [-0.2, -0.15) is 0 Å². The predicted octanol–water partition coefficient (Wildman–Crippen LogP) is 7.86. The summed E-state index contributed by atoms with van der Waals surface area (Å²) in [6.45, 7) is 2.63. The molecule has 2 amide bonds. The number of thioether (sulfide) groups is 1. The van der Waals surface area contributed by atoms with Crippen LogP contribution in [-0.2, 0) is 17.9 Å². The molecule has 3 aromatic carbocycles. The van der Waals surface area contributed by atoms with Gasteiger partial charge in [-0.25, -0.2) is 0 Å². The molecule has 1 saturated heterocycles. The fraction of sp³-hybridized carbons (Fsp3) is 0.154. The second kappa shape index (κ2) is 11.4. The Morgan fingerprint density at radius 1 is 0.943 bits per heavy atom. The fourth-order valence-corrected chi connectivity index (χ4v) is 4.99. The highest BCUT2D eigenvalue weighted by Gasteiger charge is 2.35. The van der Waals surface area contributed by atoms with E-state index in [0.717, 1.165) is 22.2 Å². The van der Waals surface area contributed by atoms with E-state index < -0.39 is 5.91 Å². The summed E-state index contributed by atoms with van der Waals surface area (Å²) in [6, 6.07) is 18.0. The van der Waals surface area contributed by atoms with Gasteiger partial charge in [-0.05, 0) is 65.7 Å². The molecule has 1 fully saturated rings. The number of nitrogens with zero attached hydrogens (tertiary/aromatic N) is 1. The lowest BCUT2D eigenvalue weighted by Crippen LogP contribution is -2.27. The number of hydrogen-bond donors (Lipinski definition) is 0. The van der Waals surface area contributed by atoms with E-state index in [9.17, 15) is 9.59 Å². The normalized spacial score (nSPS) is 14.6. The number of carbonyl (C=O) groups excluding carboxylic acids is 2. The van der Waals surface area contributed by atoms with Crippen molar-refractivity contribution in [2.75, 3.05) is 6.61 Å². The SMILES string of the molecule is CCOc1cc(/C=C2\SC(=O)N(Cc3ccc(Cl)cc3Cl)C2=O)cc(Cl)c1OCc1ccccc1. The Morgan fingerprint density at radius 3 is 2.43 bits per heavy atom. The van der Waals surface area contributed by atoms with Crippen LogP contribution in [0.15, 0.2) is 65.6 Å². The van der Waals surface area contributed by atoms with Gasteiger partial charge in [-0.3, -0.25) is 14.5 Å². The first-order chi connectivity index (χ1) is 16.9. The highest BCUT2D eigenvalue weighted by atomic mass is 35.5. The Bertz CT molecular complexity index is 1300. The Balaban J connectivity index is 1.56. The maximum Gasteiger partial charge on any atom is 0.293 e. The number of carbonyl (C=O) groups is 2. The minimum Gasteiger partial charge on any atom is -0.490 e. The van der Waals surface area contributed by atoms with Gasteiger partial charge in [0.25, 0.3) is 11.1 Å². The Kier molecular flexibility index (Phi) is 8.29. The summed E-state index contributed by atoms with van der Waals surface area (Å²) >= 11 is 19.5. The number of amides is 2. The molecule has 3 aromatic rings. The van der Waals surface area contributed by atoms with Crippen molar-refractivity contribution >= 4 is 63.8 Å². The van der Waals surface area contributed by atoms with Crippen molar-refractivity contribution in [3.8, 4) is 11.5 Å². The van der Waals surface area contributed by atoms with Crippen LogP contribution in [0.2, 0.25) is 15.1 Å². The molecule has 4 rings (SSSR count). The third-order valence-electron chi connectivity index (χ3n) is 5.07. The average Bonchev–Trinajstić information content (AvgIpc) is 3.08. The summed E-state index contributed by atoms with van der Waals surface area (Å²) in [5.74, 6) is 0.457. The van der Waals surface area contributed by atoms with Gasteiger partial charge in [0.2, 0.25) is 0 Å². The molecular formula is C26H20Cl3NO4S. The number of hydrogen-bond acceptors (Lipinski definition) is 5. The molecule has 1 aliphatic heterocycles. The van der Waals surface area contributed by atoms with Gasteiger partial charge < -0.3 is 9.47 Å². The van der Waals surface area contributed by atoms with Crippen LogP contribution in [0, 0.1) is 0 Å². The zero-order chi connectivity index (χ0) is 24.9. The van der Waals surface area contributed by atoms with Crippen molar-refractivity contribution in [1.29, 1.82) is 0 Å². The Labute approximate surface area is 222 Å². The topological polar surface area (TPSA) is 55.8 Å². The second-order valence-corrected chi connectivity index (χ2v) is 9.78. The first-order valence-electron chi connectivity index (χ1n) is 10.7. The monoisotopic (exact) mass is 547 g/mol. The van der Waals surface area contributed by atoms with Crippen molar-refractivity contribution in [2.24, 2.45) is 0 Å². The van der Waals surface area contributed by atoms with Crippen LogP contribution >= 0.6 is 46.6 Å². The van der Waals surface area contributed by atoms with Crippen molar-refractivity contribution in [3.63, 3.8) is 0 Å². The molecule has 0 atom stereocenters. The molecule has 1 heterocycles. The molecule has 0 aromatic heterocycles. The summed E-state index contributed by atoms with van der Waals surface area (Å²) in [5, 5.41) is 0.822. The number of benzene rings is 3. The van der Waals surface area contributed by atoms with E-state index in [1.807, 2.05) is 37.3 Å². The summed E-state index contributed by atoms with van der Waals surface area (Å²) < 4.78 is 11.7. The van der Waals surface area contributed by atoms with E-state index in [1.54, 1.807) is 36.4 Å². The van der Waals surface area contributed by atoms with Gasteiger partial charge in [-0.1, -0.05) is 71.2 Å². The molecule has 0 unspecified atom stereocenters. The zero-order valence-corrected chi connectivity index (χ0v) is 21.7. The third-order valence-corrected chi connectivity index (χ3v) is 6.85. The molecule has 0 saturated carbocycles. The van der Waals surface area contributed by atoms with Crippen LogP contribution in [0.3, 0.4) is 0 Å². The van der Waals surface area contributed by atoms with Crippen LogP contribution in [-0.4, -0.2) is 22.7 Å². The minimum atomic E-state index is -0.412. The minimum absolute atomic E-state index is 0.0508. The van der Waals surface area contributed by atoms with E-state index in [2.05, 4.69) is 0 Å². The summed E-state index contributed by atoms with van der Waals surface area (Å²) in [4.78, 5) is 27.0. The molecule has 0 bridgehead atoms. The summed E-state index contributed by atoms with van der Waals surface area (Å²) in [5.41, 5.74) is 2.23. The Morgan fingerprint density at radius 2 is 1.71 bits per heavy atom. The van der Waals surface area contributed by atoms with Gasteiger partial charge in [-0.15, -0.1) is 0 Å². The van der Waals surface area contributed by atoms with E-state index in [0.29, 0.717) is 50.9 Å². The van der Waals surface area contributed by atoms with Crippen molar-refractivity contribution in [2.45, 2.75) is 20.1 Å². The first kappa shape index (κ1) is 25.5. The number of ether oxygens (including phenoxy) is 2. The largest absolute Gasteiger partial charge is 0.490 e. The molecular weight excluding hydrogens is 529 g/mol. The van der Waals surface area contributed by atoms with Crippen LogP contribution in [0.5, 0.6) is 11.5 Å². The van der Waals surface area contributed by atoms with E-state index >= 15 is 0 Å². The third kappa shape index (κ3) is 6.14. The number of rotatable bonds is 8.